The molecule has 0 amide bonds. The lowest BCUT2D eigenvalue weighted by molar-refractivity contribution is -0.114. The highest BCUT2D eigenvalue weighted by Gasteiger charge is 2.18. The molecule has 0 aromatic heterocycles. The van der Waals surface area contributed by atoms with E-state index >= 15 is 0 Å². The van der Waals surface area contributed by atoms with Gasteiger partial charge in [0.25, 0.3) is 0 Å². The van der Waals surface area contributed by atoms with Crippen molar-refractivity contribution in [2.75, 3.05) is 47.1 Å². The van der Waals surface area contributed by atoms with Crippen molar-refractivity contribution in [2.45, 2.75) is 18.8 Å². The maximum atomic E-state index is 5.72. The third-order valence-electron chi connectivity index (χ3n) is 2.66. The number of morpholine rings is 1. The Morgan fingerprint density at radius 3 is 2.44 bits per heavy atom. The summed E-state index contributed by atoms with van der Waals surface area (Å²) in [7, 11) is 3.27. The molecule has 1 aliphatic heterocycles. The number of hydrogen-bond donors (Lipinski definition) is 2. The molecule has 1 heterocycles. The largest absolute Gasteiger partial charge is 0.379 e. The molecule has 0 aliphatic carbocycles. The van der Waals surface area contributed by atoms with Gasteiger partial charge in [0.05, 0.1) is 13.2 Å². The second kappa shape index (κ2) is 7.94. The zero-order valence-corrected chi connectivity index (χ0v) is 10.1. The maximum absolute atomic E-state index is 5.72. The van der Waals surface area contributed by atoms with E-state index in [1.54, 1.807) is 14.2 Å². The van der Waals surface area contributed by atoms with Crippen LogP contribution in [0.1, 0.15) is 6.42 Å². The second-order valence-corrected chi connectivity index (χ2v) is 3.80. The topological polar surface area (TPSA) is 69.0 Å². The summed E-state index contributed by atoms with van der Waals surface area (Å²) in [6.45, 7) is 3.87. The molecule has 0 bridgehead atoms. The average Bonchev–Trinajstić information content (AvgIpc) is 2.35. The maximum Gasteiger partial charge on any atom is 0.158 e. The molecule has 6 nitrogen and oxygen atoms in total. The smallest absolute Gasteiger partial charge is 0.158 e. The van der Waals surface area contributed by atoms with Gasteiger partial charge in [0.2, 0.25) is 0 Å². The molecule has 1 rings (SSSR count). The summed E-state index contributed by atoms with van der Waals surface area (Å²) in [5, 5.41) is 2.14. The van der Waals surface area contributed by atoms with Crippen LogP contribution in [0.3, 0.4) is 0 Å². The van der Waals surface area contributed by atoms with Crippen LogP contribution in [0.15, 0.2) is 0 Å². The van der Waals surface area contributed by atoms with Crippen LogP contribution in [0, 0.1) is 0 Å². The Labute approximate surface area is 97.0 Å². The second-order valence-electron chi connectivity index (χ2n) is 3.80. The first-order valence-electron chi connectivity index (χ1n) is 5.64. The van der Waals surface area contributed by atoms with E-state index in [2.05, 4.69) is 10.4 Å². The summed E-state index contributed by atoms with van der Waals surface area (Å²) < 4.78 is 15.6. The third-order valence-corrected chi connectivity index (χ3v) is 2.66. The van der Waals surface area contributed by atoms with Gasteiger partial charge in [-0.2, -0.15) is 0 Å². The lowest BCUT2D eigenvalue weighted by Gasteiger charge is -2.32. The minimum Gasteiger partial charge on any atom is -0.379 e. The first-order valence-corrected chi connectivity index (χ1v) is 5.64. The van der Waals surface area contributed by atoms with Crippen LogP contribution in [0.25, 0.3) is 0 Å². The van der Waals surface area contributed by atoms with Gasteiger partial charge in [0.15, 0.2) is 6.29 Å². The van der Waals surface area contributed by atoms with Gasteiger partial charge in [-0.15, -0.1) is 0 Å². The Balaban J connectivity index is 2.29. The van der Waals surface area contributed by atoms with Crippen molar-refractivity contribution in [2.24, 2.45) is 5.73 Å². The van der Waals surface area contributed by atoms with E-state index in [9.17, 15) is 0 Å². The van der Waals surface area contributed by atoms with Crippen LogP contribution >= 0.6 is 0 Å². The number of hydrazine groups is 1. The van der Waals surface area contributed by atoms with E-state index in [0.717, 1.165) is 32.7 Å². The molecule has 0 aromatic rings. The van der Waals surface area contributed by atoms with Crippen molar-refractivity contribution in [3.05, 3.63) is 0 Å². The van der Waals surface area contributed by atoms with Crippen LogP contribution in [0.5, 0.6) is 0 Å². The van der Waals surface area contributed by atoms with Gasteiger partial charge in [0.1, 0.15) is 0 Å². The standard InChI is InChI=1S/C10H23N3O3/c1-14-10(15-2)7-9(8-11)12-13-3-5-16-6-4-13/h9-10,12H,3-8,11H2,1-2H3. The molecule has 96 valence electrons. The zero-order valence-electron chi connectivity index (χ0n) is 10.1. The van der Waals surface area contributed by atoms with Gasteiger partial charge >= 0.3 is 0 Å². The van der Waals surface area contributed by atoms with Crippen molar-refractivity contribution >= 4 is 0 Å². The fraction of sp³-hybridized carbons (Fsp3) is 1.00. The molecule has 1 aliphatic rings. The molecule has 0 aromatic carbocycles. The Morgan fingerprint density at radius 1 is 1.31 bits per heavy atom. The summed E-state index contributed by atoms with van der Waals surface area (Å²) >= 11 is 0. The SMILES string of the molecule is COC(CC(CN)NN1CCOCC1)OC. The van der Waals surface area contributed by atoms with E-state index in [0.29, 0.717) is 6.54 Å². The van der Waals surface area contributed by atoms with Gasteiger partial charge in [-0.3, -0.25) is 5.43 Å². The molecule has 0 saturated carbocycles. The van der Waals surface area contributed by atoms with Crippen molar-refractivity contribution in [1.82, 2.24) is 10.4 Å². The molecule has 1 fully saturated rings. The van der Waals surface area contributed by atoms with Crippen molar-refractivity contribution < 1.29 is 14.2 Å². The quantitative estimate of drug-likeness (QED) is 0.559. The summed E-state index contributed by atoms with van der Waals surface area (Å²) in [5.41, 5.74) is 9.09. The number of ether oxygens (including phenoxy) is 3. The first kappa shape index (κ1) is 13.8. The van der Waals surface area contributed by atoms with Crippen LogP contribution in [0.2, 0.25) is 0 Å². The normalized spacial score (nSPS) is 20.2. The Hall–Kier alpha value is -0.240. The van der Waals surface area contributed by atoms with Crippen molar-refractivity contribution in [3.63, 3.8) is 0 Å². The third kappa shape index (κ3) is 4.73. The van der Waals surface area contributed by atoms with Gasteiger partial charge in [-0.1, -0.05) is 0 Å². The molecule has 16 heavy (non-hydrogen) atoms. The molecule has 1 unspecified atom stereocenters. The number of methoxy groups -OCH3 is 2. The number of nitrogens with zero attached hydrogens (tertiary/aromatic N) is 1. The lowest BCUT2D eigenvalue weighted by atomic mass is 10.2. The van der Waals surface area contributed by atoms with Gasteiger partial charge in [-0.05, 0) is 0 Å². The average molecular weight is 233 g/mol. The summed E-state index contributed by atoms with van der Waals surface area (Å²) in [6, 6.07) is 0.169. The summed E-state index contributed by atoms with van der Waals surface area (Å²) in [5.74, 6) is 0. The van der Waals surface area contributed by atoms with Crippen molar-refractivity contribution in [1.29, 1.82) is 0 Å². The van der Waals surface area contributed by atoms with E-state index in [-0.39, 0.29) is 12.3 Å². The minimum atomic E-state index is -0.206. The highest BCUT2D eigenvalue weighted by molar-refractivity contribution is 4.70. The van der Waals surface area contributed by atoms with Gasteiger partial charge < -0.3 is 19.9 Å². The number of rotatable bonds is 7. The first-order chi connectivity index (χ1) is 7.80. The monoisotopic (exact) mass is 233 g/mol. The molecular formula is C10H23N3O3. The fourth-order valence-electron chi connectivity index (χ4n) is 1.67. The predicted molar refractivity (Wildman–Crippen MR) is 60.8 cm³/mol. The summed E-state index contributed by atoms with van der Waals surface area (Å²) in [6.07, 6.45) is 0.531. The van der Waals surface area contributed by atoms with E-state index < -0.39 is 0 Å². The summed E-state index contributed by atoms with van der Waals surface area (Å²) in [4.78, 5) is 0. The van der Waals surface area contributed by atoms with Crippen LogP contribution < -0.4 is 11.2 Å². The Kier molecular flexibility index (Phi) is 6.86. The molecule has 0 spiro atoms. The number of hydrogen-bond acceptors (Lipinski definition) is 6. The number of nitrogens with one attached hydrogen (secondary N) is 1. The lowest BCUT2D eigenvalue weighted by Crippen LogP contribution is -2.53. The highest BCUT2D eigenvalue weighted by atomic mass is 16.7. The Morgan fingerprint density at radius 2 is 1.94 bits per heavy atom. The Bertz CT molecular complexity index is 173. The molecular weight excluding hydrogens is 210 g/mol. The van der Waals surface area contributed by atoms with E-state index in [1.807, 2.05) is 0 Å². The molecule has 1 atom stereocenters. The molecule has 6 heteroatoms. The number of nitrogens with two attached hydrogens (primary N) is 1. The van der Waals surface area contributed by atoms with Crippen molar-refractivity contribution in [3.8, 4) is 0 Å². The molecule has 1 saturated heterocycles. The minimum absolute atomic E-state index is 0.169. The fourth-order valence-corrected chi connectivity index (χ4v) is 1.67. The van der Waals surface area contributed by atoms with E-state index in [4.69, 9.17) is 19.9 Å². The van der Waals surface area contributed by atoms with Crippen LogP contribution in [-0.2, 0) is 14.2 Å². The predicted octanol–water partition coefficient (Wildman–Crippen LogP) is -0.840. The zero-order chi connectivity index (χ0) is 11.8. The van der Waals surface area contributed by atoms with Gasteiger partial charge in [-0.25, -0.2) is 5.01 Å². The van der Waals surface area contributed by atoms with Crippen LogP contribution in [0.4, 0.5) is 0 Å². The molecule has 3 N–H and O–H groups in total. The van der Waals surface area contributed by atoms with Crippen LogP contribution in [-0.4, -0.2) is 64.4 Å². The van der Waals surface area contributed by atoms with Gasteiger partial charge in [0, 0.05) is 46.3 Å². The molecule has 0 radical (unpaired) electrons. The highest BCUT2D eigenvalue weighted by Crippen LogP contribution is 2.04. The van der Waals surface area contributed by atoms with E-state index in [1.165, 1.54) is 0 Å².